The Balaban J connectivity index is 2.14. The minimum atomic E-state index is -0.467. The number of nitrogens with one attached hydrogen (secondary N) is 1. The molecule has 1 amide bonds. The molecule has 1 aromatic heterocycles. The van der Waals surface area contributed by atoms with Crippen LogP contribution in [0.3, 0.4) is 0 Å². The van der Waals surface area contributed by atoms with Crippen molar-refractivity contribution >= 4 is 5.91 Å². The van der Waals surface area contributed by atoms with Crippen LogP contribution in [0, 0.1) is 12.7 Å². The number of amides is 1. The number of carbonyl (C=O) groups excluding carboxylic acids is 1. The first kappa shape index (κ1) is 17.7. The van der Waals surface area contributed by atoms with Gasteiger partial charge in [-0.25, -0.2) is 9.37 Å². The van der Waals surface area contributed by atoms with Crippen molar-refractivity contribution in [1.82, 2.24) is 10.3 Å². The number of benzene rings is 1. The fourth-order valence-electron chi connectivity index (χ4n) is 2.21. The molecule has 0 aliphatic carbocycles. The molecule has 0 atom stereocenters. The lowest BCUT2D eigenvalue weighted by molar-refractivity contribution is 0.0943. The SMILES string of the molecule is COc1ccc(CNC(=O)c2c(C)ccnc2OC(C)C)cc1F. The standard InChI is InChI=1S/C18H21FN2O3/c1-11(2)24-18-16(12(3)7-8-20-18)17(22)21-10-13-5-6-15(23-4)14(19)9-13/h5-9,11H,10H2,1-4H3,(H,21,22). The highest BCUT2D eigenvalue weighted by atomic mass is 19.1. The van der Waals surface area contributed by atoms with Crippen molar-refractivity contribution in [3.63, 3.8) is 0 Å². The predicted octanol–water partition coefficient (Wildman–Crippen LogP) is 3.25. The number of hydrogen-bond acceptors (Lipinski definition) is 4. The van der Waals surface area contributed by atoms with E-state index in [0.717, 1.165) is 5.56 Å². The Morgan fingerprint density at radius 2 is 2.08 bits per heavy atom. The Labute approximate surface area is 140 Å². The fraction of sp³-hybridized carbons (Fsp3) is 0.333. The van der Waals surface area contributed by atoms with Crippen molar-refractivity contribution < 1.29 is 18.7 Å². The first-order valence-corrected chi connectivity index (χ1v) is 7.65. The van der Waals surface area contributed by atoms with Crippen LogP contribution >= 0.6 is 0 Å². The van der Waals surface area contributed by atoms with Gasteiger partial charge in [-0.1, -0.05) is 6.07 Å². The monoisotopic (exact) mass is 332 g/mol. The van der Waals surface area contributed by atoms with Crippen LogP contribution in [-0.2, 0) is 6.54 Å². The molecule has 24 heavy (non-hydrogen) atoms. The van der Waals surface area contributed by atoms with Crippen LogP contribution in [0.1, 0.15) is 35.3 Å². The number of pyridine rings is 1. The second-order valence-electron chi connectivity index (χ2n) is 5.63. The summed E-state index contributed by atoms with van der Waals surface area (Å²) >= 11 is 0. The molecule has 0 bridgehead atoms. The predicted molar refractivity (Wildman–Crippen MR) is 88.9 cm³/mol. The smallest absolute Gasteiger partial charge is 0.257 e. The summed E-state index contributed by atoms with van der Waals surface area (Å²) < 4.78 is 24.2. The second kappa shape index (κ2) is 7.77. The van der Waals surface area contributed by atoms with Gasteiger partial charge in [0.2, 0.25) is 5.88 Å². The minimum Gasteiger partial charge on any atom is -0.494 e. The van der Waals surface area contributed by atoms with Gasteiger partial charge in [0.1, 0.15) is 5.56 Å². The number of aryl methyl sites for hydroxylation is 1. The zero-order valence-electron chi connectivity index (χ0n) is 14.2. The first-order chi connectivity index (χ1) is 11.4. The first-order valence-electron chi connectivity index (χ1n) is 7.65. The van der Waals surface area contributed by atoms with Gasteiger partial charge in [-0.3, -0.25) is 4.79 Å². The topological polar surface area (TPSA) is 60.5 Å². The van der Waals surface area contributed by atoms with Gasteiger partial charge in [0.15, 0.2) is 11.6 Å². The lowest BCUT2D eigenvalue weighted by atomic mass is 10.1. The molecule has 0 saturated carbocycles. The Morgan fingerprint density at radius 3 is 2.71 bits per heavy atom. The number of methoxy groups -OCH3 is 1. The van der Waals surface area contributed by atoms with Crippen LogP contribution in [0.5, 0.6) is 11.6 Å². The van der Waals surface area contributed by atoms with Gasteiger partial charge in [-0.05, 0) is 50.1 Å². The average molecular weight is 332 g/mol. The summed E-state index contributed by atoms with van der Waals surface area (Å²) in [7, 11) is 1.40. The van der Waals surface area contributed by atoms with Crippen LogP contribution < -0.4 is 14.8 Å². The van der Waals surface area contributed by atoms with Crippen molar-refractivity contribution in [2.75, 3.05) is 7.11 Å². The van der Waals surface area contributed by atoms with E-state index in [1.54, 1.807) is 18.3 Å². The molecule has 0 fully saturated rings. The van der Waals surface area contributed by atoms with E-state index in [9.17, 15) is 9.18 Å². The molecule has 128 valence electrons. The van der Waals surface area contributed by atoms with E-state index in [0.29, 0.717) is 17.0 Å². The van der Waals surface area contributed by atoms with Crippen molar-refractivity contribution in [2.24, 2.45) is 0 Å². The number of nitrogens with zero attached hydrogens (tertiary/aromatic N) is 1. The van der Waals surface area contributed by atoms with Crippen LogP contribution in [0.4, 0.5) is 4.39 Å². The maximum atomic E-state index is 13.7. The number of hydrogen-bond donors (Lipinski definition) is 1. The second-order valence-corrected chi connectivity index (χ2v) is 5.63. The molecule has 5 nitrogen and oxygen atoms in total. The van der Waals surface area contributed by atoms with Crippen LogP contribution in [0.25, 0.3) is 0 Å². The molecule has 6 heteroatoms. The van der Waals surface area contributed by atoms with Crippen LogP contribution in [0.2, 0.25) is 0 Å². The minimum absolute atomic E-state index is 0.0958. The third-order valence-corrected chi connectivity index (χ3v) is 3.37. The number of aromatic nitrogens is 1. The zero-order chi connectivity index (χ0) is 17.7. The summed E-state index contributed by atoms with van der Waals surface area (Å²) in [6, 6.07) is 6.30. The quantitative estimate of drug-likeness (QED) is 0.882. The summed E-state index contributed by atoms with van der Waals surface area (Å²) in [5.41, 5.74) is 1.79. The number of halogens is 1. The zero-order valence-corrected chi connectivity index (χ0v) is 14.2. The third-order valence-electron chi connectivity index (χ3n) is 3.37. The molecule has 0 unspecified atom stereocenters. The van der Waals surface area contributed by atoms with Gasteiger partial charge in [0, 0.05) is 12.7 Å². The van der Waals surface area contributed by atoms with E-state index in [4.69, 9.17) is 9.47 Å². The van der Waals surface area contributed by atoms with E-state index in [1.165, 1.54) is 19.2 Å². The van der Waals surface area contributed by atoms with E-state index in [1.807, 2.05) is 20.8 Å². The molecule has 1 N–H and O–H groups in total. The summed E-state index contributed by atoms with van der Waals surface area (Å²) in [6.07, 6.45) is 1.50. The highest BCUT2D eigenvalue weighted by Crippen LogP contribution is 2.21. The maximum absolute atomic E-state index is 13.7. The van der Waals surface area contributed by atoms with Gasteiger partial charge in [-0.2, -0.15) is 0 Å². The third kappa shape index (κ3) is 4.22. The molecule has 0 radical (unpaired) electrons. The van der Waals surface area contributed by atoms with Crippen LogP contribution in [0.15, 0.2) is 30.5 Å². The molecular formula is C18H21FN2O3. The van der Waals surface area contributed by atoms with Crippen molar-refractivity contribution in [3.8, 4) is 11.6 Å². The molecule has 0 saturated heterocycles. The van der Waals surface area contributed by atoms with Crippen LogP contribution in [-0.4, -0.2) is 24.1 Å². The van der Waals surface area contributed by atoms with Gasteiger partial charge in [-0.15, -0.1) is 0 Å². The van der Waals surface area contributed by atoms with E-state index in [2.05, 4.69) is 10.3 Å². The Hall–Kier alpha value is -2.63. The lowest BCUT2D eigenvalue weighted by Gasteiger charge is -2.15. The summed E-state index contributed by atoms with van der Waals surface area (Å²) in [6.45, 7) is 5.74. The van der Waals surface area contributed by atoms with Gasteiger partial charge in [0.25, 0.3) is 5.91 Å². The number of ether oxygens (including phenoxy) is 2. The van der Waals surface area contributed by atoms with Gasteiger partial charge >= 0.3 is 0 Å². The molecule has 1 heterocycles. The fourth-order valence-corrected chi connectivity index (χ4v) is 2.21. The Kier molecular flexibility index (Phi) is 5.73. The lowest BCUT2D eigenvalue weighted by Crippen LogP contribution is -2.25. The van der Waals surface area contributed by atoms with Gasteiger partial charge < -0.3 is 14.8 Å². The van der Waals surface area contributed by atoms with Gasteiger partial charge in [0.05, 0.1) is 13.2 Å². The average Bonchev–Trinajstić information content (AvgIpc) is 2.52. The largest absolute Gasteiger partial charge is 0.494 e. The van der Waals surface area contributed by atoms with Crippen molar-refractivity contribution in [2.45, 2.75) is 33.4 Å². The summed E-state index contributed by atoms with van der Waals surface area (Å²) in [5, 5.41) is 2.77. The molecule has 1 aromatic carbocycles. The highest BCUT2D eigenvalue weighted by molar-refractivity contribution is 5.97. The molecule has 0 aliphatic heterocycles. The van der Waals surface area contributed by atoms with Crippen molar-refractivity contribution in [1.29, 1.82) is 0 Å². The number of carbonyl (C=O) groups is 1. The molecule has 0 spiro atoms. The Bertz CT molecular complexity index is 732. The summed E-state index contributed by atoms with van der Waals surface area (Å²) in [4.78, 5) is 16.6. The summed E-state index contributed by atoms with van der Waals surface area (Å²) in [5.74, 6) is -0.317. The Morgan fingerprint density at radius 1 is 1.33 bits per heavy atom. The van der Waals surface area contributed by atoms with E-state index < -0.39 is 5.82 Å². The van der Waals surface area contributed by atoms with E-state index >= 15 is 0 Å². The highest BCUT2D eigenvalue weighted by Gasteiger charge is 2.17. The number of rotatable bonds is 6. The molecule has 2 aromatic rings. The van der Waals surface area contributed by atoms with E-state index in [-0.39, 0.29) is 24.3 Å². The van der Waals surface area contributed by atoms with Crippen molar-refractivity contribution in [3.05, 3.63) is 53.0 Å². The maximum Gasteiger partial charge on any atom is 0.257 e. The molecule has 2 rings (SSSR count). The normalized spacial score (nSPS) is 10.6. The molecular weight excluding hydrogens is 311 g/mol. The molecule has 0 aliphatic rings.